The minimum absolute atomic E-state index is 0.0351. The van der Waals surface area contributed by atoms with Gasteiger partial charge in [-0.15, -0.1) is 0 Å². The molecule has 0 radical (unpaired) electrons. The number of amides is 1. The van der Waals surface area contributed by atoms with Crippen molar-refractivity contribution in [3.63, 3.8) is 0 Å². The molecule has 2 atom stereocenters. The summed E-state index contributed by atoms with van der Waals surface area (Å²) >= 11 is 0. The minimum atomic E-state index is -0.761. The standard InChI is InChI=1S/C17H21NO3/c1-2-11-3-5-13(6-4-11)16(19)18-9-14(12-7-8-12)15(10-18)17(20)21/h3-6,12,14-15H,2,7-10H2,1H3,(H,20,21)/t14-,15+/m1/s1. The van der Waals surface area contributed by atoms with Crippen molar-refractivity contribution in [3.05, 3.63) is 35.4 Å². The minimum Gasteiger partial charge on any atom is -0.481 e. The summed E-state index contributed by atoms with van der Waals surface area (Å²) in [6, 6.07) is 7.63. The number of carboxylic acids is 1. The third kappa shape index (κ3) is 2.80. The second kappa shape index (κ2) is 5.51. The SMILES string of the molecule is CCc1ccc(C(=O)N2C[C@H](C(=O)O)[C@@H](C3CC3)C2)cc1. The summed E-state index contributed by atoms with van der Waals surface area (Å²) in [6.45, 7) is 3.02. The topological polar surface area (TPSA) is 57.6 Å². The normalized spacial score (nSPS) is 25.1. The molecule has 0 spiro atoms. The Morgan fingerprint density at radius 3 is 2.38 bits per heavy atom. The Labute approximate surface area is 124 Å². The van der Waals surface area contributed by atoms with Gasteiger partial charge in [-0.3, -0.25) is 9.59 Å². The van der Waals surface area contributed by atoms with E-state index >= 15 is 0 Å². The summed E-state index contributed by atoms with van der Waals surface area (Å²) < 4.78 is 0. The summed E-state index contributed by atoms with van der Waals surface area (Å²) in [4.78, 5) is 25.7. The van der Waals surface area contributed by atoms with E-state index in [0.29, 0.717) is 24.6 Å². The molecule has 2 aliphatic rings. The van der Waals surface area contributed by atoms with Gasteiger partial charge in [0.05, 0.1) is 5.92 Å². The molecule has 4 heteroatoms. The number of hydrogen-bond acceptors (Lipinski definition) is 2. The van der Waals surface area contributed by atoms with E-state index in [1.807, 2.05) is 24.3 Å². The maximum absolute atomic E-state index is 12.5. The van der Waals surface area contributed by atoms with Crippen LogP contribution >= 0.6 is 0 Å². The zero-order valence-electron chi connectivity index (χ0n) is 12.3. The molecule has 0 bridgehead atoms. The Bertz CT molecular complexity index is 548. The molecule has 1 N–H and O–H groups in total. The molecule has 2 fully saturated rings. The summed E-state index contributed by atoms with van der Waals surface area (Å²) in [5.74, 6) is -0.542. The van der Waals surface area contributed by atoms with Crippen molar-refractivity contribution in [1.29, 1.82) is 0 Å². The largest absolute Gasteiger partial charge is 0.481 e. The van der Waals surface area contributed by atoms with Gasteiger partial charge in [-0.25, -0.2) is 0 Å². The molecule has 1 aliphatic carbocycles. The van der Waals surface area contributed by atoms with Gasteiger partial charge in [-0.1, -0.05) is 19.1 Å². The summed E-state index contributed by atoms with van der Waals surface area (Å²) in [7, 11) is 0. The number of carbonyl (C=O) groups excluding carboxylic acids is 1. The first-order chi connectivity index (χ1) is 10.1. The van der Waals surface area contributed by atoms with E-state index in [4.69, 9.17) is 0 Å². The Hall–Kier alpha value is -1.84. The van der Waals surface area contributed by atoms with Gasteiger partial charge in [0.1, 0.15) is 0 Å². The predicted molar refractivity (Wildman–Crippen MR) is 79.1 cm³/mol. The van der Waals surface area contributed by atoms with Crippen molar-refractivity contribution in [2.75, 3.05) is 13.1 Å². The molecule has 112 valence electrons. The fourth-order valence-corrected chi connectivity index (χ4v) is 3.32. The monoisotopic (exact) mass is 287 g/mol. The average Bonchev–Trinajstić information content (AvgIpc) is 3.25. The van der Waals surface area contributed by atoms with Gasteiger partial charge in [0, 0.05) is 18.7 Å². The summed E-state index contributed by atoms with van der Waals surface area (Å²) in [5.41, 5.74) is 1.86. The number of nitrogens with zero attached hydrogens (tertiary/aromatic N) is 1. The van der Waals surface area contributed by atoms with E-state index in [0.717, 1.165) is 19.3 Å². The van der Waals surface area contributed by atoms with Crippen molar-refractivity contribution in [1.82, 2.24) is 4.90 Å². The molecular formula is C17H21NO3. The molecule has 1 aromatic rings. The number of aryl methyl sites for hydroxylation is 1. The van der Waals surface area contributed by atoms with Gasteiger partial charge >= 0.3 is 5.97 Å². The van der Waals surface area contributed by atoms with Crippen LogP contribution in [0.4, 0.5) is 0 Å². The number of carboxylic acid groups (broad SMARTS) is 1. The molecule has 1 amide bonds. The Kier molecular flexibility index (Phi) is 3.70. The number of hydrogen-bond donors (Lipinski definition) is 1. The molecule has 3 rings (SSSR count). The number of rotatable bonds is 4. The number of aliphatic carboxylic acids is 1. The molecule has 1 aromatic carbocycles. The molecule has 1 aliphatic heterocycles. The highest BCUT2D eigenvalue weighted by molar-refractivity contribution is 5.95. The molecular weight excluding hydrogens is 266 g/mol. The van der Waals surface area contributed by atoms with E-state index in [1.54, 1.807) is 4.90 Å². The van der Waals surface area contributed by atoms with Crippen molar-refractivity contribution < 1.29 is 14.7 Å². The lowest BCUT2D eigenvalue weighted by atomic mass is 9.92. The highest BCUT2D eigenvalue weighted by Gasteiger charge is 2.46. The zero-order chi connectivity index (χ0) is 15.0. The van der Waals surface area contributed by atoms with Crippen LogP contribution in [-0.4, -0.2) is 35.0 Å². The van der Waals surface area contributed by atoms with Gasteiger partial charge in [-0.2, -0.15) is 0 Å². The summed E-state index contributed by atoms with van der Waals surface area (Å²) in [6.07, 6.45) is 3.17. The fourth-order valence-electron chi connectivity index (χ4n) is 3.32. The van der Waals surface area contributed by atoms with Crippen LogP contribution in [0.25, 0.3) is 0 Å². The fraction of sp³-hybridized carbons (Fsp3) is 0.529. The first-order valence-electron chi connectivity index (χ1n) is 7.71. The lowest BCUT2D eigenvalue weighted by Gasteiger charge is -2.16. The second-order valence-electron chi connectivity index (χ2n) is 6.21. The van der Waals surface area contributed by atoms with Gasteiger partial charge in [0.2, 0.25) is 0 Å². The molecule has 0 aromatic heterocycles. The second-order valence-corrected chi connectivity index (χ2v) is 6.21. The molecule has 4 nitrogen and oxygen atoms in total. The lowest BCUT2D eigenvalue weighted by Crippen LogP contribution is -2.29. The maximum Gasteiger partial charge on any atom is 0.308 e. The van der Waals surface area contributed by atoms with Gasteiger partial charge in [0.15, 0.2) is 0 Å². The third-order valence-corrected chi connectivity index (χ3v) is 4.81. The highest BCUT2D eigenvalue weighted by Crippen LogP contribution is 2.44. The van der Waals surface area contributed by atoms with Crippen LogP contribution in [0.5, 0.6) is 0 Å². The molecule has 1 saturated carbocycles. The average molecular weight is 287 g/mol. The van der Waals surface area contributed by atoms with Crippen LogP contribution in [0.15, 0.2) is 24.3 Å². The Balaban J connectivity index is 1.74. The van der Waals surface area contributed by atoms with Crippen LogP contribution in [0, 0.1) is 17.8 Å². The van der Waals surface area contributed by atoms with Gasteiger partial charge in [0.25, 0.3) is 5.91 Å². The predicted octanol–water partition coefficient (Wildman–Crippen LogP) is 2.43. The quantitative estimate of drug-likeness (QED) is 0.925. The van der Waals surface area contributed by atoms with Crippen LogP contribution < -0.4 is 0 Å². The molecule has 21 heavy (non-hydrogen) atoms. The zero-order valence-corrected chi connectivity index (χ0v) is 12.3. The van der Waals surface area contributed by atoms with E-state index < -0.39 is 11.9 Å². The lowest BCUT2D eigenvalue weighted by molar-refractivity contribution is -0.142. The van der Waals surface area contributed by atoms with Crippen molar-refractivity contribution in [2.24, 2.45) is 17.8 Å². The van der Waals surface area contributed by atoms with Gasteiger partial charge in [-0.05, 0) is 48.8 Å². The number of likely N-dealkylation sites (tertiary alicyclic amines) is 1. The van der Waals surface area contributed by atoms with Gasteiger partial charge < -0.3 is 10.0 Å². The van der Waals surface area contributed by atoms with E-state index in [-0.39, 0.29) is 11.8 Å². The van der Waals surface area contributed by atoms with E-state index in [2.05, 4.69) is 6.92 Å². The summed E-state index contributed by atoms with van der Waals surface area (Å²) in [5, 5.41) is 9.36. The van der Waals surface area contributed by atoms with E-state index in [9.17, 15) is 14.7 Å². The Morgan fingerprint density at radius 1 is 1.19 bits per heavy atom. The van der Waals surface area contributed by atoms with Crippen molar-refractivity contribution in [2.45, 2.75) is 26.2 Å². The third-order valence-electron chi connectivity index (χ3n) is 4.81. The number of carbonyl (C=O) groups is 2. The van der Waals surface area contributed by atoms with E-state index in [1.165, 1.54) is 5.56 Å². The van der Waals surface area contributed by atoms with Crippen LogP contribution in [0.1, 0.15) is 35.7 Å². The Morgan fingerprint density at radius 2 is 1.86 bits per heavy atom. The smallest absolute Gasteiger partial charge is 0.308 e. The van der Waals surface area contributed by atoms with Crippen LogP contribution in [0.2, 0.25) is 0 Å². The van der Waals surface area contributed by atoms with Crippen molar-refractivity contribution in [3.8, 4) is 0 Å². The van der Waals surface area contributed by atoms with Crippen molar-refractivity contribution >= 4 is 11.9 Å². The molecule has 1 saturated heterocycles. The highest BCUT2D eigenvalue weighted by atomic mass is 16.4. The molecule has 0 unspecified atom stereocenters. The molecule has 1 heterocycles. The van der Waals surface area contributed by atoms with Crippen LogP contribution in [-0.2, 0) is 11.2 Å². The first-order valence-corrected chi connectivity index (χ1v) is 7.71. The van der Waals surface area contributed by atoms with Crippen LogP contribution in [0.3, 0.4) is 0 Å². The first kappa shape index (κ1) is 14.1. The number of benzene rings is 1. The maximum atomic E-state index is 12.5.